The van der Waals surface area contributed by atoms with Gasteiger partial charge in [0.25, 0.3) is 5.91 Å². The maximum absolute atomic E-state index is 13.3. The maximum atomic E-state index is 13.3. The molecule has 2 aromatic carbocycles. The van der Waals surface area contributed by atoms with E-state index in [1.807, 2.05) is 0 Å². The van der Waals surface area contributed by atoms with Crippen LogP contribution in [-0.4, -0.2) is 53.3 Å². The fourth-order valence-corrected chi connectivity index (χ4v) is 4.61. The van der Waals surface area contributed by atoms with Crippen LogP contribution in [0.25, 0.3) is 11.2 Å². The number of benzene rings is 2. The van der Waals surface area contributed by atoms with E-state index in [0.717, 1.165) is 24.3 Å². The first-order valence-corrected chi connectivity index (χ1v) is 14.0. The second-order valence-electron chi connectivity index (χ2n) is 10.4. The van der Waals surface area contributed by atoms with E-state index in [1.165, 1.54) is 25.3 Å². The number of hydrogen-bond donors (Lipinski definition) is 4. The minimum Gasteiger partial charge on any atom is -0.475 e. The number of pyridine rings is 1. The summed E-state index contributed by atoms with van der Waals surface area (Å²) in [6.45, 7) is 0.0113. The van der Waals surface area contributed by atoms with Crippen LogP contribution < -0.4 is 20.7 Å². The third kappa shape index (κ3) is 7.12. The third-order valence-corrected chi connectivity index (χ3v) is 7.47. The molecule has 10 nitrogen and oxygen atoms in total. The molecule has 4 N–H and O–H groups in total. The van der Waals surface area contributed by atoms with Gasteiger partial charge in [0.15, 0.2) is 5.65 Å². The summed E-state index contributed by atoms with van der Waals surface area (Å²) in [6, 6.07) is 9.85. The maximum Gasteiger partial charge on any atom is 0.416 e. The zero-order chi connectivity index (χ0) is 33.3. The van der Waals surface area contributed by atoms with Crippen molar-refractivity contribution in [2.75, 3.05) is 31.0 Å². The number of halogens is 7. The number of nitrogens with one attached hydrogen (secondary N) is 4. The molecular formula is C29H25ClF6N6O4. The summed E-state index contributed by atoms with van der Waals surface area (Å²) in [5.41, 5.74) is -2.00. The normalized spacial score (nSPS) is 14.2. The van der Waals surface area contributed by atoms with Crippen molar-refractivity contribution >= 4 is 51.9 Å². The number of aromatic nitrogens is 3. The van der Waals surface area contributed by atoms with Crippen molar-refractivity contribution in [1.29, 1.82) is 0 Å². The highest BCUT2D eigenvalue weighted by Crippen LogP contribution is 2.57. The Morgan fingerprint density at radius 2 is 1.72 bits per heavy atom. The van der Waals surface area contributed by atoms with E-state index >= 15 is 0 Å². The Hall–Kier alpha value is -4.57. The van der Waals surface area contributed by atoms with Crippen LogP contribution in [0.2, 0.25) is 5.02 Å². The predicted molar refractivity (Wildman–Crippen MR) is 155 cm³/mol. The highest BCUT2D eigenvalue weighted by atomic mass is 35.5. The molecule has 1 aliphatic rings. The topological polar surface area (TPSA) is 130 Å². The highest BCUT2D eigenvalue weighted by Gasteiger charge is 2.68. The highest BCUT2D eigenvalue weighted by molar-refractivity contribution is 6.33. The van der Waals surface area contributed by atoms with Gasteiger partial charge >= 0.3 is 12.4 Å². The van der Waals surface area contributed by atoms with Gasteiger partial charge in [-0.2, -0.15) is 36.3 Å². The number of imidazole rings is 1. The van der Waals surface area contributed by atoms with E-state index < -0.39 is 35.1 Å². The molecule has 2 amide bonds. The number of amides is 2. The fourth-order valence-electron chi connectivity index (χ4n) is 4.44. The fraction of sp³-hybridized carbons (Fsp3) is 0.310. The van der Waals surface area contributed by atoms with Gasteiger partial charge in [-0.3, -0.25) is 9.59 Å². The van der Waals surface area contributed by atoms with Gasteiger partial charge in [0.05, 0.1) is 28.4 Å². The zero-order valence-electron chi connectivity index (χ0n) is 23.8. The lowest BCUT2D eigenvalue weighted by molar-refractivity contribution is -0.192. The van der Waals surface area contributed by atoms with Crippen LogP contribution in [0.1, 0.15) is 34.3 Å². The molecule has 0 bridgehead atoms. The van der Waals surface area contributed by atoms with Crippen molar-refractivity contribution in [3.63, 3.8) is 0 Å². The average Bonchev–Trinajstić information content (AvgIpc) is 3.73. The summed E-state index contributed by atoms with van der Waals surface area (Å²) in [5.74, 6) is -1.80. The summed E-state index contributed by atoms with van der Waals surface area (Å²) >= 11 is 6.32. The second kappa shape index (κ2) is 12.7. The first-order valence-electron chi connectivity index (χ1n) is 13.6. The summed E-state index contributed by atoms with van der Waals surface area (Å²) in [4.78, 5) is 37.0. The molecule has 1 fully saturated rings. The number of aromatic amines is 1. The Kier molecular flexibility index (Phi) is 9.04. The van der Waals surface area contributed by atoms with Crippen LogP contribution in [0.15, 0.2) is 48.5 Å². The van der Waals surface area contributed by atoms with Crippen LogP contribution in [0.4, 0.5) is 43.7 Å². The first-order chi connectivity index (χ1) is 21.7. The molecule has 0 saturated heterocycles. The number of anilines is 3. The molecule has 46 heavy (non-hydrogen) atoms. The molecule has 0 atom stereocenters. The number of hydrogen-bond acceptors (Lipinski definition) is 7. The summed E-state index contributed by atoms with van der Waals surface area (Å²) in [5, 5.41) is 8.04. The van der Waals surface area contributed by atoms with Crippen LogP contribution in [0.3, 0.4) is 0 Å². The first kappa shape index (κ1) is 32.8. The second-order valence-corrected chi connectivity index (χ2v) is 10.8. The Morgan fingerprint density at radius 3 is 2.35 bits per heavy atom. The molecule has 0 spiro atoms. The molecule has 5 rings (SSSR count). The van der Waals surface area contributed by atoms with E-state index in [1.54, 1.807) is 6.07 Å². The van der Waals surface area contributed by atoms with Gasteiger partial charge < -0.3 is 30.4 Å². The van der Waals surface area contributed by atoms with Crippen molar-refractivity contribution in [2.24, 2.45) is 5.41 Å². The minimum absolute atomic E-state index is 0.0219. The number of carbonyl (C=O) groups excluding carboxylic acids is 2. The lowest BCUT2D eigenvalue weighted by Gasteiger charge is -2.18. The van der Waals surface area contributed by atoms with E-state index in [9.17, 15) is 35.9 Å². The SMILES string of the molecule is COCCOc1nc2nc(Nc3cc(CNC(=O)C4(C(F)(F)F)CC4)ccc3Cl)[nH]c2cc1C(=O)Nc1ccc(C(F)(F)F)cc1. The Bertz CT molecular complexity index is 1760. The lowest BCUT2D eigenvalue weighted by Crippen LogP contribution is -2.40. The van der Waals surface area contributed by atoms with E-state index in [4.69, 9.17) is 21.1 Å². The molecule has 0 radical (unpaired) electrons. The van der Waals surface area contributed by atoms with Gasteiger partial charge in [-0.05, 0) is 60.9 Å². The molecular weight excluding hydrogens is 646 g/mol. The quantitative estimate of drug-likeness (QED) is 0.104. The van der Waals surface area contributed by atoms with Gasteiger partial charge in [0.1, 0.15) is 17.6 Å². The van der Waals surface area contributed by atoms with Gasteiger partial charge in [0, 0.05) is 19.3 Å². The predicted octanol–water partition coefficient (Wildman–Crippen LogP) is 6.61. The molecule has 2 aromatic heterocycles. The number of alkyl halides is 6. The van der Waals surface area contributed by atoms with Gasteiger partial charge in [-0.15, -0.1) is 0 Å². The monoisotopic (exact) mass is 670 g/mol. The van der Waals surface area contributed by atoms with Gasteiger partial charge in [-0.1, -0.05) is 17.7 Å². The number of ether oxygens (including phenoxy) is 2. The molecule has 1 aliphatic carbocycles. The number of H-pyrrole nitrogens is 1. The van der Waals surface area contributed by atoms with Crippen LogP contribution in [0.5, 0.6) is 5.88 Å². The average molecular weight is 671 g/mol. The molecule has 2 heterocycles. The summed E-state index contributed by atoms with van der Waals surface area (Å²) in [7, 11) is 1.45. The Labute approximate surface area is 261 Å². The molecule has 244 valence electrons. The zero-order valence-corrected chi connectivity index (χ0v) is 24.6. The standard InChI is InChI=1S/C29H25ClF6N6O4/c1-45-10-11-46-24-18(23(43)38-17-5-3-16(4-6-17)28(31,32)33)13-21-22(41-24)42-26(40-21)39-20-12-15(2-7-19(20)30)14-37-25(44)27(8-9-27)29(34,35)36/h2-7,12-13H,8-11,14H2,1H3,(H,37,44)(H,38,43)(H2,39,40,41,42). The van der Waals surface area contributed by atoms with Crippen LogP contribution in [-0.2, 0) is 22.3 Å². The Morgan fingerprint density at radius 1 is 1.00 bits per heavy atom. The number of methoxy groups -OCH3 is 1. The molecule has 0 aliphatic heterocycles. The minimum atomic E-state index is -4.63. The molecule has 17 heteroatoms. The van der Waals surface area contributed by atoms with Gasteiger partial charge in [-0.25, -0.2) is 0 Å². The van der Waals surface area contributed by atoms with Crippen molar-refractivity contribution in [3.05, 3.63) is 70.2 Å². The number of rotatable bonds is 11. The summed E-state index contributed by atoms with van der Waals surface area (Å²) < 4.78 is 89.2. The number of fused-ring (bicyclic) bond motifs is 1. The van der Waals surface area contributed by atoms with Crippen molar-refractivity contribution < 1.29 is 45.4 Å². The van der Waals surface area contributed by atoms with E-state index in [2.05, 4.69) is 30.9 Å². The smallest absolute Gasteiger partial charge is 0.416 e. The number of carbonyl (C=O) groups is 2. The Balaban J connectivity index is 1.35. The van der Waals surface area contributed by atoms with Crippen molar-refractivity contribution in [2.45, 2.75) is 31.7 Å². The van der Waals surface area contributed by atoms with Gasteiger partial charge in [0.2, 0.25) is 17.7 Å². The largest absolute Gasteiger partial charge is 0.475 e. The number of nitrogens with zero attached hydrogens (tertiary/aromatic N) is 2. The van der Waals surface area contributed by atoms with Crippen molar-refractivity contribution in [3.8, 4) is 5.88 Å². The van der Waals surface area contributed by atoms with Crippen LogP contribution in [0, 0.1) is 5.41 Å². The molecule has 1 saturated carbocycles. The summed E-state index contributed by atoms with van der Waals surface area (Å²) in [6.07, 6.45) is -9.68. The van der Waals surface area contributed by atoms with E-state index in [0.29, 0.717) is 11.3 Å². The lowest BCUT2D eigenvalue weighted by atomic mass is 10.1. The molecule has 0 unspecified atom stereocenters. The van der Waals surface area contributed by atoms with Crippen LogP contribution >= 0.6 is 11.6 Å². The molecule has 4 aromatic rings. The van der Waals surface area contributed by atoms with Crippen molar-refractivity contribution in [1.82, 2.24) is 20.3 Å². The van der Waals surface area contributed by atoms with E-state index in [-0.39, 0.29) is 71.9 Å². The third-order valence-electron chi connectivity index (χ3n) is 7.14.